The van der Waals surface area contributed by atoms with Gasteiger partial charge in [-0.05, 0) is 42.5 Å². The minimum atomic E-state index is 0.154. The summed E-state index contributed by atoms with van der Waals surface area (Å²) in [6, 6.07) is 17.0. The highest BCUT2D eigenvalue weighted by molar-refractivity contribution is 5.77. The van der Waals surface area contributed by atoms with Gasteiger partial charge in [-0.3, -0.25) is 9.69 Å². The fraction of sp³-hybridized carbons (Fsp3) is 0.364. The van der Waals surface area contributed by atoms with Crippen LogP contribution in [0, 0.1) is 0 Å². The van der Waals surface area contributed by atoms with Crippen LogP contribution in [0.15, 0.2) is 54.9 Å². The van der Waals surface area contributed by atoms with Crippen molar-refractivity contribution in [2.45, 2.75) is 38.3 Å². The van der Waals surface area contributed by atoms with E-state index in [1.165, 1.54) is 11.1 Å². The molecule has 3 aromatic rings. The molecule has 0 bridgehead atoms. The number of H-pyrrole nitrogens is 1. The number of aryl methyl sites for hydroxylation is 1. The second-order valence-corrected chi connectivity index (χ2v) is 7.36. The number of nitrogens with zero attached hydrogens (tertiary/aromatic N) is 2. The average Bonchev–Trinajstić information content (AvgIpc) is 3.17. The van der Waals surface area contributed by atoms with E-state index in [2.05, 4.69) is 62.6 Å². The summed E-state index contributed by atoms with van der Waals surface area (Å²) < 4.78 is 0. The van der Waals surface area contributed by atoms with Crippen molar-refractivity contribution in [1.82, 2.24) is 20.2 Å². The summed E-state index contributed by atoms with van der Waals surface area (Å²) in [5.74, 6) is 0.154. The number of piperidine rings is 1. The number of benzene rings is 2. The predicted octanol–water partition coefficient (Wildman–Crippen LogP) is 3.28. The third kappa shape index (κ3) is 4.74. The quantitative estimate of drug-likeness (QED) is 0.707. The van der Waals surface area contributed by atoms with Crippen molar-refractivity contribution in [3.63, 3.8) is 0 Å². The number of hydrogen-bond acceptors (Lipinski definition) is 3. The van der Waals surface area contributed by atoms with E-state index in [1.54, 1.807) is 6.33 Å². The van der Waals surface area contributed by atoms with E-state index < -0.39 is 0 Å². The molecule has 2 N–H and O–H groups in total. The lowest BCUT2D eigenvalue weighted by Gasteiger charge is -2.32. The Morgan fingerprint density at radius 1 is 1.11 bits per heavy atom. The standard InChI is InChI=1S/C22H26N4O/c27-22(9-7-17-6-8-20-21(14-17)24-16-23-20)25-19-10-12-26(13-11-19)15-18-4-2-1-3-5-18/h1-6,8,14,16,19H,7,9-13,15H2,(H,23,24)(H,25,27). The number of rotatable bonds is 6. The van der Waals surface area contributed by atoms with Crippen LogP contribution in [0.4, 0.5) is 0 Å². The largest absolute Gasteiger partial charge is 0.353 e. The molecule has 5 heteroatoms. The van der Waals surface area contributed by atoms with Crippen LogP contribution in [0.25, 0.3) is 11.0 Å². The Hall–Kier alpha value is -2.66. The van der Waals surface area contributed by atoms with Crippen molar-refractivity contribution in [3.8, 4) is 0 Å². The van der Waals surface area contributed by atoms with Crippen LogP contribution in [0.3, 0.4) is 0 Å². The van der Waals surface area contributed by atoms with Gasteiger partial charge in [0.05, 0.1) is 17.4 Å². The first kappa shape index (κ1) is 17.7. The zero-order chi connectivity index (χ0) is 18.5. The maximum absolute atomic E-state index is 12.3. The lowest BCUT2D eigenvalue weighted by Crippen LogP contribution is -2.44. The van der Waals surface area contributed by atoms with Crippen molar-refractivity contribution in [2.75, 3.05) is 13.1 Å². The lowest BCUT2D eigenvalue weighted by molar-refractivity contribution is -0.122. The Kier molecular flexibility index (Phi) is 5.49. The molecule has 4 rings (SSSR count). The molecular weight excluding hydrogens is 336 g/mol. The molecule has 1 amide bonds. The summed E-state index contributed by atoms with van der Waals surface area (Å²) in [4.78, 5) is 22.1. The second-order valence-electron chi connectivity index (χ2n) is 7.36. The van der Waals surface area contributed by atoms with E-state index in [0.29, 0.717) is 12.5 Å². The number of amides is 1. The SMILES string of the molecule is O=C(CCc1ccc2nc[nH]c2c1)NC1CCN(Cc2ccccc2)CC1. The molecule has 0 radical (unpaired) electrons. The van der Waals surface area contributed by atoms with Gasteiger partial charge < -0.3 is 10.3 Å². The van der Waals surface area contributed by atoms with E-state index in [9.17, 15) is 4.79 Å². The average molecular weight is 362 g/mol. The van der Waals surface area contributed by atoms with E-state index in [4.69, 9.17) is 0 Å². The fourth-order valence-corrected chi connectivity index (χ4v) is 3.77. The van der Waals surface area contributed by atoms with Gasteiger partial charge in [0.1, 0.15) is 0 Å². The normalized spacial score (nSPS) is 15.9. The highest BCUT2D eigenvalue weighted by Crippen LogP contribution is 2.15. The number of aromatic amines is 1. The molecule has 1 aliphatic heterocycles. The van der Waals surface area contributed by atoms with Crippen LogP contribution < -0.4 is 5.32 Å². The van der Waals surface area contributed by atoms with Crippen LogP contribution in [0.5, 0.6) is 0 Å². The number of carbonyl (C=O) groups excluding carboxylic acids is 1. The predicted molar refractivity (Wildman–Crippen MR) is 107 cm³/mol. The number of likely N-dealkylation sites (tertiary alicyclic amines) is 1. The van der Waals surface area contributed by atoms with Crippen molar-refractivity contribution in [3.05, 3.63) is 66.0 Å². The molecule has 5 nitrogen and oxygen atoms in total. The molecule has 1 saturated heterocycles. The summed E-state index contributed by atoms with van der Waals surface area (Å²) >= 11 is 0. The second kappa shape index (κ2) is 8.35. The van der Waals surface area contributed by atoms with Crippen LogP contribution in [-0.2, 0) is 17.8 Å². The number of carbonyl (C=O) groups is 1. The first-order valence-electron chi connectivity index (χ1n) is 9.74. The molecule has 0 saturated carbocycles. The Morgan fingerprint density at radius 3 is 2.74 bits per heavy atom. The third-order valence-corrected chi connectivity index (χ3v) is 5.33. The van der Waals surface area contributed by atoms with Crippen LogP contribution >= 0.6 is 0 Å². The molecule has 1 aliphatic rings. The molecule has 0 aliphatic carbocycles. The number of hydrogen-bond donors (Lipinski definition) is 2. The molecule has 0 unspecified atom stereocenters. The van der Waals surface area contributed by atoms with Crippen LogP contribution in [0.2, 0.25) is 0 Å². The summed E-state index contributed by atoms with van der Waals surface area (Å²) in [7, 11) is 0. The van der Waals surface area contributed by atoms with E-state index in [0.717, 1.165) is 49.9 Å². The van der Waals surface area contributed by atoms with Crippen molar-refractivity contribution in [1.29, 1.82) is 0 Å². The van der Waals surface area contributed by atoms with Gasteiger partial charge in [-0.15, -0.1) is 0 Å². The van der Waals surface area contributed by atoms with Gasteiger partial charge in [-0.25, -0.2) is 4.98 Å². The third-order valence-electron chi connectivity index (χ3n) is 5.33. The topological polar surface area (TPSA) is 61.0 Å². The highest BCUT2D eigenvalue weighted by atomic mass is 16.1. The van der Waals surface area contributed by atoms with Gasteiger partial charge in [0, 0.05) is 32.1 Å². The molecule has 1 fully saturated rings. The zero-order valence-corrected chi connectivity index (χ0v) is 15.5. The highest BCUT2D eigenvalue weighted by Gasteiger charge is 2.20. The molecule has 1 aromatic heterocycles. The van der Waals surface area contributed by atoms with Crippen LogP contribution in [-0.4, -0.2) is 39.9 Å². The molecular formula is C22H26N4O. The van der Waals surface area contributed by atoms with Gasteiger partial charge in [-0.2, -0.15) is 0 Å². The number of aromatic nitrogens is 2. The molecule has 140 valence electrons. The molecule has 0 atom stereocenters. The monoisotopic (exact) mass is 362 g/mol. The minimum absolute atomic E-state index is 0.154. The first-order valence-corrected chi connectivity index (χ1v) is 9.74. The van der Waals surface area contributed by atoms with Gasteiger partial charge in [0.2, 0.25) is 5.91 Å². The van der Waals surface area contributed by atoms with Crippen molar-refractivity contribution >= 4 is 16.9 Å². The Balaban J connectivity index is 1.20. The number of imidazole rings is 1. The summed E-state index contributed by atoms with van der Waals surface area (Å²) in [6.45, 7) is 3.07. The minimum Gasteiger partial charge on any atom is -0.353 e. The summed E-state index contributed by atoms with van der Waals surface area (Å²) in [6.07, 6.45) is 5.04. The van der Waals surface area contributed by atoms with Gasteiger partial charge in [0.25, 0.3) is 0 Å². The van der Waals surface area contributed by atoms with E-state index in [-0.39, 0.29) is 5.91 Å². The molecule has 2 aromatic carbocycles. The zero-order valence-electron chi connectivity index (χ0n) is 15.5. The number of fused-ring (bicyclic) bond motifs is 1. The Morgan fingerprint density at radius 2 is 1.93 bits per heavy atom. The van der Waals surface area contributed by atoms with E-state index in [1.807, 2.05) is 6.07 Å². The van der Waals surface area contributed by atoms with Gasteiger partial charge >= 0.3 is 0 Å². The fourth-order valence-electron chi connectivity index (χ4n) is 3.77. The van der Waals surface area contributed by atoms with Gasteiger partial charge in [-0.1, -0.05) is 36.4 Å². The lowest BCUT2D eigenvalue weighted by atomic mass is 10.0. The molecule has 27 heavy (non-hydrogen) atoms. The Bertz CT molecular complexity index is 881. The maximum atomic E-state index is 12.3. The smallest absolute Gasteiger partial charge is 0.220 e. The van der Waals surface area contributed by atoms with Crippen molar-refractivity contribution < 1.29 is 4.79 Å². The maximum Gasteiger partial charge on any atom is 0.220 e. The van der Waals surface area contributed by atoms with E-state index >= 15 is 0 Å². The molecule has 0 spiro atoms. The number of nitrogens with one attached hydrogen (secondary N) is 2. The van der Waals surface area contributed by atoms with Crippen LogP contribution in [0.1, 0.15) is 30.4 Å². The summed E-state index contributed by atoms with van der Waals surface area (Å²) in [5, 5.41) is 3.22. The van der Waals surface area contributed by atoms with Crippen molar-refractivity contribution in [2.24, 2.45) is 0 Å². The summed E-state index contributed by atoms with van der Waals surface area (Å²) in [5.41, 5.74) is 4.51. The first-order chi connectivity index (χ1) is 13.3. The molecule has 2 heterocycles. The van der Waals surface area contributed by atoms with Gasteiger partial charge in [0.15, 0.2) is 0 Å². The Labute approximate surface area is 159 Å².